The lowest BCUT2D eigenvalue weighted by Crippen LogP contribution is -2.67. The topological polar surface area (TPSA) is 237 Å². The third-order valence-electron chi connectivity index (χ3n) is 16.0. The van der Waals surface area contributed by atoms with Crippen LogP contribution < -0.4 is 0 Å². The van der Waals surface area contributed by atoms with E-state index < -0.39 is 115 Å². The van der Waals surface area contributed by atoms with Crippen LogP contribution in [-0.4, -0.2) is 156 Å². The highest BCUT2D eigenvalue weighted by Gasteiger charge is 2.82. The number of rotatable bonds is 5. The van der Waals surface area contributed by atoms with Crippen molar-refractivity contribution in [2.75, 3.05) is 13.2 Å². The van der Waals surface area contributed by atoms with Crippen molar-refractivity contribution in [1.29, 1.82) is 0 Å². The fourth-order valence-corrected chi connectivity index (χ4v) is 12.6. The highest BCUT2D eigenvalue weighted by atomic mass is 16.8. The first kappa shape index (κ1) is 39.9. The number of fused-ring (bicyclic) bond motifs is 7. The first-order valence-corrected chi connectivity index (χ1v) is 20.1. The molecule has 1 spiro atoms. The second-order valence-electron chi connectivity index (χ2n) is 18.6. The summed E-state index contributed by atoms with van der Waals surface area (Å²) in [5.41, 5.74) is -2.60. The number of ether oxygens (including phenoxy) is 6. The van der Waals surface area contributed by atoms with E-state index in [0.29, 0.717) is 38.7 Å². The largest absolute Gasteiger partial charge is 0.394 e. The van der Waals surface area contributed by atoms with E-state index in [1.54, 1.807) is 0 Å². The second-order valence-corrected chi connectivity index (χ2v) is 18.6. The van der Waals surface area contributed by atoms with E-state index in [-0.39, 0.29) is 29.6 Å². The third kappa shape index (κ3) is 5.41. The predicted octanol–water partition coefficient (Wildman–Crippen LogP) is -0.409. The van der Waals surface area contributed by atoms with Gasteiger partial charge in [0.05, 0.1) is 37.1 Å². The summed E-state index contributed by atoms with van der Waals surface area (Å²) in [5.74, 6) is -1.71. The van der Waals surface area contributed by atoms with E-state index in [9.17, 15) is 46.0 Å². The highest BCUT2D eigenvalue weighted by molar-refractivity contribution is 5.33. The van der Waals surface area contributed by atoms with Crippen molar-refractivity contribution in [1.82, 2.24) is 0 Å². The molecule has 54 heavy (non-hydrogen) atoms. The summed E-state index contributed by atoms with van der Waals surface area (Å²) < 4.78 is 36.8. The summed E-state index contributed by atoms with van der Waals surface area (Å²) in [4.78, 5) is 0. The summed E-state index contributed by atoms with van der Waals surface area (Å²) in [7, 11) is 0. The normalized spacial score (nSPS) is 60.0. The number of hydrogen-bond acceptors (Lipinski definition) is 15. The molecule has 4 heterocycles. The first-order valence-electron chi connectivity index (χ1n) is 20.1. The van der Waals surface area contributed by atoms with Crippen molar-refractivity contribution < 1.29 is 74.4 Å². The molecule has 8 aliphatic rings. The molecule has 4 aliphatic carbocycles. The van der Waals surface area contributed by atoms with E-state index in [1.165, 1.54) is 12.5 Å². The molecule has 3 saturated carbocycles. The zero-order valence-electron chi connectivity index (χ0n) is 31.9. The van der Waals surface area contributed by atoms with Gasteiger partial charge in [-0.15, -0.1) is 0 Å². The number of aliphatic hydroxyl groups excluding tert-OH is 7. The molecule has 15 heteroatoms. The standard InChI is InChI=1S/C39H62O15/c1-17-12-25(41)39(49-16-17)19(3)38(48)26(54-39)14-37(47)23-7-6-20-13-21(8-10-35(20,4)22(23)9-11-36(37,38)5)51-34-32(30(45)28(43)24(15-40)52-34)53-33-31(46)29(44)27(42)18(2)50-33/h6,17-19,21-34,40-48H,7-16H2,1-5H3/t17-,18+,19+,21+,22+,23-,24-,25+,26+,27+,28-,29-,30+,31-,32-,33+,34-,35+,36+,37-,38-,39+/m1/s1. The van der Waals surface area contributed by atoms with E-state index in [2.05, 4.69) is 13.0 Å². The molecule has 4 saturated heterocycles. The Hall–Kier alpha value is -0.860. The first-order chi connectivity index (χ1) is 25.4. The van der Waals surface area contributed by atoms with Crippen LogP contribution in [0.5, 0.6) is 0 Å². The fourth-order valence-electron chi connectivity index (χ4n) is 12.6. The summed E-state index contributed by atoms with van der Waals surface area (Å²) in [6.07, 6.45) is -9.15. The van der Waals surface area contributed by atoms with Gasteiger partial charge in [-0.2, -0.15) is 0 Å². The lowest BCUT2D eigenvalue weighted by molar-refractivity contribution is -0.369. The van der Waals surface area contributed by atoms with Crippen molar-refractivity contribution in [2.45, 2.75) is 183 Å². The van der Waals surface area contributed by atoms with Crippen LogP contribution in [0.3, 0.4) is 0 Å². The average molecular weight is 771 g/mol. The van der Waals surface area contributed by atoms with Gasteiger partial charge in [0.15, 0.2) is 18.4 Å². The average Bonchev–Trinajstić information content (AvgIpc) is 3.46. The Morgan fingerprint density at radius 2 is 1.57 bits per heavy atom. The van der Waals surface area contributed by atoms with Gasteiger partial charge in [0.1, 0.15) is 54.4 Å². The Kier molecular flexibility index (Phi) is 10.1. The van der Waals surface area contributed by atoms with Gasteiger partial charge in [0.2, 0.25) is 0 Å². The molecule has 9 N–H and O–H groups in total. The Labute approximate surface area is 316 Å². The van der Waals surface area contributed by atoms with Crippen molar-refractivity contribution >= 4 is 0 Å². The molecular weight excluding hydrogens is 708 g/mol. The molecule has 7 fully saturated rings. The Bertz CT molecular complexity index is 1450. The molecule has 0 radical (unpaired) electrons. The molecule has 0 amide bonds. The van der Waals surface area contributed by atoms with Gasteiger partial charge in [-0.05, 0) is 75.0 Å². The van der Waals surface area contributed by atoms with Crippen LogP contribution in [0.25, 0.3) is 0 Å². The molecule has 15 nitrogen and oxygen atoms in total. The van der Waals surface area contributed by atoms with Crippen molar-refractivity contribution in [3.05, 3.63) is 11.6 Å². The highest BCUT2D eigenvalue weighted by Crippen LogP contribution is 2.73. The lowest BCUT2D eigenvalue weighted by Gasteiger charge is -2.63. The molecule has 0 aromatic carbocycles. The minimum absolute atomic E-state index is 0.118. The van der Waals surface area contributed by atoms with Crippen LogP contribution in [-0.2, 0) is 28.4 Å². The molecule has 8 rings (SSSR count). The molecule has 0 unspecified atom stereocenters. The maximum Gasteiger partial charge on any atom is 0.200 e. The van der Waals surface area contributed by atoms with E-state index in [4.69, 9.17) is 28.4 Å². The zero-order chi connectivity index (χ0) is 38.9. The van der Waals surface area contributed by atoms with Gasteiger partial charge in [-0.1, -0.05) is 39.3 Å². The fraction of sp³-hybridized carbons (Fsp3) is 0.949. The van der Waals surface area contributed by atoms with Crippen LogP contribution in [0.15, 0.2) is 11.6 Å². The number of aliphatic hydroxyl groups is 9. The van der Waals surface area contributed by atoms with Crippen molar-refractivity contribution in [2.24, 2.45) is 34.5 Å². The van der Waals surface area contributed by atoms with E-state index in [0.717, 1.165) is 12.8 Å². The molecule has 308 valence electrons. The van der Waals surface area contributed by atoms with Gasteiger partial charge in [0.25, 0.3) is 0 Å². The summed E-state index contributed by atoms with van der Waals surface area (Å²) in [5, 5.41) is 99.8. The SMILES string of the molecule is C[C@H]1CO[C@@]2(O[C@H]3C[C@@]4(O)[C@@H]5CC=C6C[C@@H](O[C@@H]7O[C@H](CO)[C@@H](O)[C@H](O)[C@H]7O[C@@H]7O[C@@H](C)[C@H](O)[C@@H](O)[C@H]7O)CC[C@]6(C)[C@H]5CC[C@]4(C)[C@@]3(O)[C@@H]2C)[C@@H](O)C1. The molecule has 0 aromatic heterocycles. The van der Waals surface area contributed by atoms with Crippen molar-refractivity contribution in [3.63, 3.8) is 0 Å². The molecular formula is C39H62O15. The Morgan fingerprint density at radius 3 is 2.28 bits per heavy atom. The van der Waals surface area contributed by atoms with Gasteiger partial charge < -0.3 is 74.4 Å². The van der Waals surface area contributed by atoms with Crippen LogP contribution in [0.4, 0.5) is 0 Å². The number of allylic oxidation sites excluding steroid dienone is 1. The van der Waals surface area contributed by atoms with Gasteiger partial charge in [0, 0.05) is 17.8 Å². The van der Waals surface area contributed by atoms with Crippen LogP contribution in [0.2, 0.25) is 0 Å². The van der Waals surface area contributed by atoms with Gasteiger partial charge >= 0.3 is 0 Å². The quantitative estimate of drug-likeness (QED) is 0.162. The minimum atomic E-state index is -1.66. The van der Waals surface area contributed by atoms with E-state index in [1.807, 2.05) is 20.8 Å². The van der Waals surface area contributed by atoms with Gasteiger partial charge in [-0.3, -0.25) is 0 Å². The lowest BCUT2D eigenvalue weighted by atomic mass is 9.44. The smallest absolute Gasteiger partial charge is 0.200 e. The van der Waals surface area contributed by atoms with Gasteiger partial charge in [-0.25, -0.2) is 0 Å². The summed E-state index contributed by atoms with van der Waals surface area (Å²) in [6.45, 7) is 9.51. The Balaban J connectivity index is 1.000. The maximum atomic E-state index is 12.9. The maximum absolute atomic E-state index is 12.9. The van der Waals surface area contributed by atoms with Crippen molar-refractivity contribution in [3.8, 4) is 0 Å². The molecule has 0 bridgehead atoms. The van der Waals surface area contributed by atoms with Crippen LogP contribution >= 0.6 is 0 Å². The summed E-state index contributed by atoms with van der Waals surface area (Å²) in [6, 6.07) is 0. The molecule has 22 atom stereocenters. The zero-order valence-corrected chi connectivity index (χ0v) is 31.9. The predicted molar refractivity (Wildman–Crippen MR) is 186 cm³/mol. The molecule has 0 aromatic rings. The monoisotopic (exact) mass is 770 g/mol. The Morgan fingerprint density at radius 1 is 0.833 bits per heavy atom. The summed E-state index contributed by atoms with van der Waals surface area (Å²) >= 11 is 0. The third-order valence-corrected chi connectivity index (χ3v) is 16.0. The number of hydrogen-bond donors (Lipinski definition) is 9. The molecule has 4 aliphatic heterocycles. The van der Waals surface area contributed by atoms with E-state index >= 15 is 0 Å². The van der Waals surface area contributed by atoms with Crippen LogP contribution in [0, 0.1) is 34.5 Å². The second kappa shape index (κ2) is 13.6. The minimum Gasteiger partial charge on any atom is -0.394 e. The van der Waals surface area contributed by atoms with Crippen LogP contribution in [0.1, 0.15) is 86.0 Å².